The maximum Gasteiger partial charge on any atom is 0.259 e. The summed E-state index contributed by atoms with van der Waals surface area (Å²) in [5.74, 6) is 1.05. The minimum Gasteiger partial charge on any atom is -0.494 e. The Morgan fingerprint density at radius 2 is 2.20 bits per heavy atom. The molecule has 1 aromatic carbocycles. The van der Waals surface area contributed by atoms with E-state index in [1.165, 1.54) is 0 Å². The van der Waals surface area contributed by atoms with Crippen LogP contribution in [0.5, 0.6) is 5.75 Å². The molecule has 6 heteroatoms. The zero-order valence-corrected chi connectivity index (χ0v) is 10.8. The highest BCUT2D eigenvalue weighted by Crippen LogP contribution is 2.18. The molecule has 0 radical (unpaired) electrons. The topological polar surface area (TPSA) is 80.8 Å². The van der Waals surface area contributed by atoms with Crippen LogP contribution in [0.4, 0.5) is 0 Å². The summed E-state index contributed by atoms with van der Waals surface area (Å²) < 4.78 is 5.38. The molecule has 3 rings (SSSR count). The average Bonchev–Trinajstić information content (AvgIpc) is 2.49. The highest BCUT2D eigenvalue weighted by molar-refractivity contribution is 5.80. The number of hydrogen-bond donors (Lipinski definition) is 1. The fourth-order valence-corrected chi connectivity index (χ4v) is 1.92. The first-order chi connectivity index (χ1) is 9.78. The van der Waals surface area contributed by atoms with E-state index in [1.54, 1.807) is 36.8 Å². The summed E-state index contributed by atoms with van der Waals surface area (Å²) >= 11 is 0. The summed E-state index contributed by atoms with van der Waals surface area (Å²) in [6.45, 7) is 2.44. The van der Waals surface area contributed by atoms with E-state index in [0.29, 0.717) is 34.8 Å². The van der Waals surface area contributed by atoms with Gasteiger partial charge in [-0.1, -0.05) is 0 Å². The molecule has 2 aromatic heterocycles. The number of nitrogens with one attached hydrogen (secondary N) is 1. The molecule has 0 aliphatic carbocycles. The van der Waals surface area contributed by atoms with Gasteiger partial charge in [0.25, 0.3) is 5.56 Å². The Labute approximate surface area is 114 Å². The Kier molecular flexibility index (Phi) is 3.12. The molecule has 2 heterocycles. The number of hydrogen-bond acceptors (Lipinski definition) is 5. The summed E-state index contributed by atoms with van der Waals surface area (Å²) in [7, 11) is 0. The van der Waals surface area contributed by atoms with Gasteiger partial charge >= 0.3 is 0 Å². The Morgan fingerprint density at radius 3 is 2.95 bits per heavy atom. The molecule has 0 saturated carbocycles. The summed E-state index contributed by atoms with van der Waals surface area (Å²) in [4.78, 5) is 27.3. The highest BCUT2D eigenvalue weighted by Gasteiger charge is 2.08. The molecule has 20 heavy (non-hydrogen) atoms. The van der Waals surface area contributed by atoms with Crippen molar-refractivity contribution in [2.75, 3.05) is 6.61 Å². The van der Waals surface area contributed by atoms with Crippen LogP contribution in [-0.4, -0.2) is 26.5 Å². The molecule has 6 nitrogen and oxygen atoms in total. The standard InChI is InChI=1S/C14H12N4O2/c1-2-20-9-3-4-11-10(7-9)14(19)18-13(17-11)12-8-15-5-6-16-12/h3-8H,2H2,1H3,(H,17,18,19). The molecular formula is C14H12N4O2. The molecule has 100 valence electrons. The smallest absolute Gasteiger partial charge is 0.259 e. The number of benzene rings is 1. The van der Waals surface area contributed by atoms with Gasteiger partial charge in [-0.2, -0.15) is 0 Å². The molecule has 0 aliphatic rings. The van der Waals surface area contributed by atoms with Crippen molar-refractivity contribution in [3.8, 4) is 17.3 Å². The molecule has 0 bridgehead atoms. The average molecular weight is 268 g/mol. The van der Waals surface area contributed by atoms with E-state index < -0.39 is 0 Å². The van der Waals surface area contributed by atoms with Gasteiger partial charge in [0, 0.05) is 12.4 Å². The van der Waals surface area contributed by atoms with Gasteiger partial charge in [-0.3, -0.25) is 9.78 Å². The van der Waals surface area contributed by atoms with Gasteiger partial charge in [0.05, 0.1) is 23.7 Å². The number of fused-ring (bicyclic) bond motifs is 1. The van der Waals surface area contributed by atoms with Crippen LogP contribution in [0.25, 0.3) is 22.4 Å². The van der Waals surface area contributed by atoms with Crippen molar-refractivity contribution in [2.45, 2.75) is 6.92 Å². The van der Waals surface area contributed by atoms with Crippen molar-refractivity contribution in [1.29, 1.82) is 0 Å². The SMILES string of the molecule is CCOc1ccc2nc(-c3cnccn3)[nH]c(=O)c2c1. The summed E-state index contributed by atoms with van der Waals surface area (Å²) in [6, 6.07) is 5.24. The number of aromatic amines is 1. The first kappa shape index (κ1) is 12.3. The fraction of sp³-hybridized carbons (Fsp3) is 0.143. The lowest BCUT2D eigenvalue weighted by atomic mass is 10.2. The van der Waals surface area contributed by atoms with E-state index in [2.05, 4.69) is 19.9 Å². The van der Waals surface area contributed by atoms with E-state index in [1.807, 2.05) is 6.92 Å². The van der Waals surface area contributed by atoms with Crippen LogP contribution >= 0.6 is 0 Å². The van der Waals surface area contributed by atoms with E-state index in [4.69, 9.17) is 4.74 Å². The quantitative estimate of drug-likeness (QED) is 0.783. The lowest BCUT2D eigenvalue weighted by Crippen LogP contribution is -2.10. The van der Waals surface area contributed by atoms with Crippen molar-refractivity contribution in [3.63, 3.8) is 0 Å². The monoisotopic (exact) mass is 268 g/mol. The van der Waals surface area contributed by atoms with Crippen molar-refractivity contribution in [3.05, 3.63) is 47.1 Å². The van der Waals surface area contributed by atoms with Crippen LogP contribution in [0.15, 0.2) is 41.6 Å². The lowest BCUT2D eigenvalue weighted by molar-refractivity contribution is 0.340. The van der Waals surface area contributed by atoms with E-state index in [-0.39, 0.29) is 5.56 Å². The zero-order valence-electron chi connectivity index (χ0n) is 10.8. The molecule has 3 aromatic rings. The third-order valence-corrected chi connectivity index (χ3v) is 2.79. The van der Waals surface area contributed by atoms with Crippen molar-refractivity contribution >= 4 is 10.9 Å². The van der Waals surface area contributed by atoms with Crippen molar-refractivity contribution in [1.82, 2.24) is 19.9 Å². The maximum atomic E-state index is 12.1. The first-order valence-corrected chi connectivity index (χ1v) is 6.21. The predicted octanol–water partition coefficient (Wildman–Crippen LogP) is 1.78. The first-order valence-electron chi connectivity index (χ1n) is 6.21. The van der Waals surface area contributed by atoms with Crippen LogP contribution < -0.4 is 10.3 Å². The largest absolute Gasteiger partial charge is 0.494 e. The molecule has 0 unspecified atom stereocenters. The van der Waals surface area contributed by atoms with Gasteiger partial charge in [-0.25, -0.2) is 9.97 Å². The molecule has 0 atom stereocenters. The number of ether oxygens (including phenoxy) is 1. The van der Waals surface area contributed by atoms with Crippen LogP contribution in [0.2, 0.25) is 0 Å². The lowest BCUT2D eigenvalue weighted by Gasteiger charge is -2.05. The van der Waals surface area contributed by atoms with Gasteiger partial charge in [0.2, 0.25) is 0 Å². The normalized spacial score (nSPS) is 10.7. The molecule has 0 saturated heterocycles. The molecular weight excluding hydrogens is 256 g/mol. The number of nitrogens with zero attached hydrogens (tertiary/aromatic N) is 3. The Hall–Kier alpha value is -2.76. The van der Waals surface area contributed by atoms with E-state index >= 15 is 0 Å². The second-order valence-corrected chi connectivity index (χ2v) is 4.12. The third-order valence-electron chi connectivity index (χ3n) is 2.79. The Balaban J connectivity index is 2.16. The van der Waals surface area contributed by atoms with Gasteiger partial charge in [0.15, 0.2) is 5.82 Å². The van der Waals surface area contributed by atoms with Crippen molar-refractivity contribution < 1.29 is 4.74 Å². The predicted molar refractivity (Wildman–Crippen MR) is 74.6 cm³/mol. The van der Waals surface area contributed by atoms with Gasteiger partial charge < -0.3 is 9.72 Å². The number of H-pyrrole nitrogens is 1. The second-order valence-electron chi connectivity index (χ2n) is 4.12. The molecule has 1 N–H and O–H groups in total. The molecule has 0 spiro atoms. The Bertz CT molecular complexity index is 799. The van der Waals surface area contributed by atoms with E-state index in [0.717, 1.165) is 0 Å². The summed E-state index contributed by atoms with van der Waals surface area (Å²) in [5, 5.41) is 0.489. The maximum absolute atomic E-state index is 12.1. The van der Waals surface area contributed by atoms with Gasteiger partial charge in [-0.15, -0.1) is 0 Å². The molecule has 0 aliphatic heterocycles. The Morgan fingerprint density at radius 1 is 1.30 bits per heavy atom. The zero-order chi connectivity index (χ0) is 13.9. The minimum absolute atomic E-state index is 0.225. The molecule has 0 amide bonds. The van der Waals surface area contributed by atoms with Gasteiger partial charge in [0.1, 0.15) is 11.4 Å². The van der Waals surface area contributed by atoms with E-state index in [9.17, 15) is 4.79 Å². The number of aromatic nitrogens is 4. The van der Waals surface area contributed by atoms with Crippen LogP contribution in [0.3, 0.4) is 0 Å². The van der Waals surface area contributed by atoms with Crippen LogP contribution in [-0.2, 0) is 0 Å². The molecule has 0 fully saturated rings. The second kappa shape index (κ2) is 5.08. The van der Waals surface area contributed by atoms with Crippen molar-refractivity contribution in [2.24, 2.45) is 0 Å². The number of rotatable bonds is 3. The summed E-state index contributed by atoms with van der Waals surface area (Å²) in [6.07, 6.45) is 4.67. The summed E-state index contributed by atoms with van der Waals surface area (Å²) in [5.41, 5.74) is 0.899. The van der Waals surface area contributed by atoms with Crippen LogP contribution in [0, 0.1) is 0 Å². The van der Waals surface area contributed by atoms with Gasteiger partial charge in [-0.05, 0) is 25.1 Å². The fourth-order valence-electron chi connectivity index (χ4n) is 1.92. The van der Waals surface area contributed by atoms with Crippen LogP contribution in [0.1, 0.15) is 6.92 Å². The third kappa shape index (κ3) is 2.23. The minimum atomic E-state index is -0.225. The highest BCUT2D eigenvalue weighted by atomic mass is 16.5.